The van der Waals surface area contributed by atoms with Crippen LogP contribution in [0.1, 0.15) is 35.1 Å². The summed E-state index contributed by atoms with van der Waals surface area (Å²) >= 11 is 0. The Labute approximate surface area is 112 Å². The van der Waals surface area contributed by atoms with Crippen LogP contribution in [0.4, 0.5) is 0 Å². The van der Waals surface area contributed by atoms with E-state index in [1.54, 1.807) is 12.1 Å². The van der Waals surface area contributed by atoms with Crippen molar-refractivity contribution in [1.82, 2.24) is 9.78 Å². The fraction of sp³-hybridized carbons (Fsp3) is 0.333. The number of hydrogen-bond donors (Lipinski definition) is 1. The van der Waals surface area contributed by atoms with Gasteiger partial charge in [-0.2, -0.15) is 5.10 Å². The zero-order valence-corrected chi connectivity index (χ0v) is 11.5. The Hall–Kier alpha value is -2.10. The smallest absolute Gasteiger partial charge is 0.336 e. The topological polar surface area (TPSA) is 55.1 Å². The summed E-state index contributed by atoms with van der Waals surface area (Å²) in [7, 11) is 0. The number of aromatic nitrogens is 2. The molecule has 0 saturated heterocycles. The number of aromatic carboxylic acids is 1. The van der Waals surface area contributed by atoms with Crippen molar-refractivity contribution >= 4 is 5.97 Å². The summed E-state index contributed by atoms with van der Waals surface area (Å²) < 4.78 is 1.95. The van der Waals surface area contributed by atoms with Gasteiger partial charge < -0.3 is 5.11 Å². The third-order valence-corrected chi connectivity index (χ3v) is 3.24. The lowest BCUT2D eigenvalue weighted by molar-refractivity contribution is 0.0698. The molecule has 1 aromatic carbocycles. The molecule has 0 aliphatic carbocycles. The summed E-state index contributed by atoms with van der Waals surface area (Å²) in [6.45, 7) is 6.86. The molecule has 0 saturated carbocycles. The minimum absolute atomic E-state index is 0.324. The van der Waals surface area contributed by atoms with Gasteiger partial charge >= 0.3 is 5.97 Å². The van der Waals surface area contributed by atoms with Crippen LogP contribution in [-0.4, -0.2) is 20.9 Å². The molecular formula is C15H18N2O2. The van der Waals surface area contributed by atoms with E-state index in [9.17, 15) is 9.90 Å². The van der Waals surface area contributed by atoms with Gasteiger partial charge in [0.1, 0.15) is 0 Å². The summed E-state index contributed by atoms with van der Waals surface area (Å²) in [6.07, 6.45) is 1.00. The van der Waals surface area contributed by atoms with Gasteiger partial charge in [0.05, 0.1) is 11.3 Å². The number of benzene rings is 1. The molecule has 0 unspecified atom stereocenters. The number of carbonyl (C=O) groups is 1. The maximum Gasteiger partial charge on any atom is 0.336 e. The van der Waals surface area contributed by atoms with E-state index in [0.29, 0.717) is 5.56 Å². The van der Waals surface area contributed by atoms with Crippen LogP contribution in [0.3, 0.4) is 0 Å². The van der Waals surface area contributed by atoms with Crippen molar-refractivity contribution in [2.24, 2.45) is 0 Å². The van der Waals surface area contributed by atoms with E-state index >= 15 is 0 Å². The molecular weight excluding hydrogens is 240 g/mol. The molecule has 19 heavy (non-hydrogen) atoms. The lowest BCUT2D eigenvalue weighted by Gasteiger charge is -2.07. The van der Waals surface area contributed by atoms with Crippen molar-refractivity contribution in [3.8, 4) is 11.1 Å². The number of nitrogens with zero attached hydrogens (tertiary/aromatic N) is 2. The van der Waals surface area contributed by atoms with E-state index in [2.05, 4.69) is 12.0 Å². The minimum Gasteiger partial charge on any atom is -0.478 e. The molecule has 0 radical (unpaired) electrons. The van der Waals surface area contributed by atoms with Gasteiger partial charge in [0.25, 0.3) is 0 Å². The van der Waals surface area contributed by atoms with E-state index in [1.165, 1.54) is 0 Å². The van der Waals surface area contributed by atoms with Crippen LogP contribution in [0.5, 0.6) is 0 Å². The number of rotatable bonds is 4. The summed E-state index contributed by atoms with van der Waals surface area (Å²) in [5.74, 6) is -0.905. The quantitative estimate of drug-likeness (QED) is 0.915. The van der Waals surface area contributed by atoms with Gasteiger partial charge in [-0.15, -0.1) is 0 Å². The summed E-state index contributed by atoms with van der Waals surface area (Å²) in [5.41, 5.74) is 3.90. The second-order valence-corrected chi connectivity index (χ2v) is 4.62. The first kappa shape index (κ1) is 13.3. The third kappa shape index (κ3) is 2.38. The highest BCUT2D eigenvalue weighted by Crippen LogP contribution is 2.30. The highest BCUT2D eigenvalue weighted by molar-refractivity contribution is 5.96. The Kier molecular flexibility index (Phi) is 3.69. The van der Waals surface area contributed by atoms with E-state index in [0.717, 1.165) is 35.5 Å². The largest absolute Gasteiger partial charge is 0.478 e. The monoisotopic (exact) mass is 258 g/mol. The first-order valence-electron chi connectivity index (χ1n) is 6.43. The molecule has 0 amide bonds. The fourth-order valence-electron chi connectivity index (χ4n) is 2.40. The lowest BCUT2D eigenvalue weighted by atomic mass is 9.98. The summed E-state index contributed by atoms with van der Waals surface area (Å²) in [6, 6.07) is 7.08. The first-order valence-corrected chi connectivity index (χ1v) is 6.43. The minimum atomic E-state index is -0.905. The van der Waals surface area contributed by atoms with Crippen molar-refractivity contribution in [3.63, 3.8) is 0 Å². The predicted octanol–water partition coefficient (Wildman–Crippen LogP) is 3.28. The van der Waals surface area contributed by atoms with Gasteiger partial charge in [-0.25, -0.2) is 4.79 Å². The molecule has 1 N–H and O–H groups in total. The van der Waals surface area contributed by atoms with Crippen LogP contribution in [0, 0.1) is 13.8 Å². The fourth-order valence-corrected chi connectivity index (χ4v) is 2.40. The highest BCUT2D eigenvalue weighted by atomic mass is 16.4. The first-order chi connectivity index (χ1) is 9.06. The Morgan fingerprint density at radius 3 is 2.63 bits per heavy atom. The molecule has 100 valence electrons. The number of carboxylic acid groups (broad SMARTS) is 1. The van der Waals surface area contributed by atoms with Crippen LogP contribution in [0.15, 0.2) is 24.3 Å². The van der Waals surface area contributed by atoms with Gasteiger partial charge in [0.15, 0.2) is 0 Å². The van der Waals surface area contributed by atoms with Crippen molar-refractivity contribution in [2.45, 2.75) is 33.7 Å². The van der Waals surface area contributed by atoms with Gasteiger partial charge in [-0.05, 0) is 31.9 Å². The van der Waals surface area contributed by atoms with E-state index in [-0.39, 0.29) is 0 Å². The number of hydrogen-bond acceptors (Lipinski definition) is 2. The zero-order valence-electron chi connectivity index (χ0n) is 11.5. The normalized spacial score (nSPS) is 10.7. The van der Waals surface area contributed by atoms with Gasteiger partial charge in [0.2, 0.25) is 0 Å². The second-order valence-electron chi connectivity index (χ2n) is 4.62. The maximum absolute atomic E-state index is 11.3. The zero-order chi connectivity index (χ0) is 14.0. The van der Waals surface area contributed by atoms with Gasteiger partial charge in [0, 0.05) is 17.8 Å². The molecule has 0 aliphatic heterocycles. The number of carboxylic acids is 1. The maximum atomic E-state index is 11.3. The van der Waals surface area contributed by atoms with Gasteiger partial charge in [-0.3, -0.25) is 4.68 Å². The van der Waals surface area contributed by atoms with Crippen LogP contribution in [-0.2, 0) is 6.54 Å². The average molecular weight is 258 g/mol. The van der Waals surface area contributed by atoms with Crippen molar-refractivity contribution in [3.05, 3.63) is 41.2 Å². The van der Waals surface area contributed by atoms with E-state index in [1.807, 2.05) is 30.7 Å². The Bertz CT molecular complexity index is 615. The van der Waals surface area contributed by atoms with E-state index < -0.39 is 5.97 Å². The Balaban J connectivity index is 2.62. The van der Waals surface area contributed by atoms with Crippen molar-refractivity contribution < 1.29 is 9.90 Å². The Morgan fingerprint density at radius 1 is 1.32 bits per heavy atom. The molecule has 2 aromatic rings. The third-order valence-electron chi connectivity index (χ3n) is 3.24. The van der Waals surface area contributed by atoms with Gasteiger partial charge in [-0.1, -0.05) is 25.1 Å². The van der Waals surface area contributed by atoms with Crippen molar-refractivity contribution in [1.29, 1.82) is 0 Å². The molecule has 0 fully saturated rings. The number of aryl methyl sites for hydroxylation is 2. The highest BCUT2D eigenvalue weighted by Gasteiger charge is 2.18. The summed E-state index contributed by atoms with van der Waals surface area (Å²) in [5, 5.41) is 13.8. The Morgan fingerprint density at radius 2 is 2.00 bits per heavy atom. The molecule has 1 heterocycles. The van der Waals surface area contributed by atoms with Crippen molar-refractivity contribution in [2.75, 3.05) is 0 Å². The molecule has 2 rings (SSSR count). The molecule has 0 bridgehead atoms. The van der Waals surface area contributed by atoms with Crippen LogP contribution >= 0.6 is 0 Å². The van der Waals surface area contributed by atoms with Crippen LogP contribution in [0.2, 0.25) is 0 Å². The molecule has 4 nitrogen and oxygen atoms in total. The molecule has 0 spiro atoms. The predicted molar refractivity (Wildman–Crippen MR) is 74.4 cm³/mol. The molecule has 1 aromatic heterocycles. The van der Waals surface area contributed by atoms with E-state index in [4.69, 9.17) is 0 Å². The van der Waals surface area contributed by atoms with Crippen LogP contribution < -0.4 is 0 Å². The molecule has 0 atom stereocenters. The molecule has 0 aliphatic rings. The molecule has 4 heteroatoms. The van der Waals surface area contributed by atoms with Crippen LogP contribution in [0.25, 0.3) is 11.1 Å². The summed E-state index contributed by atoms with van der Waals surface area (Å²) in [4.78, 5) is 11.3. The lowest BCUT2D eigenvalue weighted by Crippen LogP contribution is -2.02. The second kappa shape index (κ2) is 5.26. The SMILES string of the molecule is CCCn1nc(C)c(-c2ccccc2C(=O)O)c1C. The average Bonchev–Trinajstić information content (AvgIpc) is 2.65. The standard InChI is InChI=1S/C15H18N2O2/c1-4-9-17-11(3)14(10(2)16-17)12-7-5-6-8-13(12)15(18)19/h5-8H,4,9H2,1-3H3,(H,18,19).